The quantitative estimate of drug-likeness (QED) is 0.680. The third-order valence-corrected chi connectivity index (χ3v) is 5.05. The molecule has 1 amide bonds. The third kappa shape index (κ3) is 3.87. The highest BCUT2D eigenvalue weighted by molar-refractivity contribution is 7.20. The molecule has 24 heavy (non-hydrogen) atoms. The molecule has 3 N–H and O–H groups in total. The molecular weight excluding hydrogens is 365 g/mol. The number of carbonyl (C=O) groups is 1. The molecule has 3 aromatic rings. The minimum absolute atomic E-state index is 0.151. The van der Waals surface area contributed by atoms with E-state index < -0.39 is 0 Å². The Kier molecular flexibility index (Phi) is 5.04. The third-order valence-electron chi connectivity index (χ3n) is 3.34. The second-order valence-corrected chi connectivity index (χ2v) is 6.99. The number of rotatable bonds is 4. The molecule has 0 bridgehead atoms. The average molecular weight is 378 g/mol. The lowest BCUT2D eigenvalue weighted by Crippen LogP contribution is -2.14. The van der Waals surface area contributed by atoms with Gasteiger partial charge in [0.15, 0.2) is 0 Å². The minimum Gasteiger partial charge on any atom is -0.396 e. The average Bonchev–Trinajstić information content (AvgIpc) is 2.92. The Bertz CT molecular complexity index is 881. The summed E-state index contributed by atoms with van der Waals surface area (Å²) < 4.78 is 0. The van der Waals surface area contributed by atoms with Crippen LogP contribution < -0.4 is 11.1 Å². The fraction of sp³-hybridized carbons (Fsp3) is 0.0588. The first-order chi connectivity index (χ1) is 11.5. The number of carbonyl (C=O) groups excluding carboxylic acids is 1. The van der Waals surface area contributed by atoms with Crippen LogP contribution in [0.4, 0.5) is 10.7 Å². The first-order valence-electron chi connectivity index (χ1n) is 7.06. The van der Waals surface area contributed by atoms with Crippen LogP contribution in [-0.4, -0.2) is 10.9 Å². The Morgan fingerprint density at radius 3 is 2.62 bits per heavy atom. The van der Waals surface area contributed by atoms with Gasteiger partial charge in [0.05, 0.1) is 12.1 Å². The topological polar surface area (TPSA) is 68.0 Å². The number of hydrogen-bond acceptors (Lipinski definition) is 4. The number of nitrogens with one attached hydrogen (secondary N) is 1. The molecule has 0 unspecified atom stereocenters. The van der Waals surface area contributed by atoms with Gasteiger partial charge in [-0.1, -0.05) is 29.3 Å². The summed E-state index contributed by atoms with van der Waals surface area (Å²) in [5, 5.41) is 4.46. The van der Waals surface area contributed by atoms with E-state index in [-0.39, 0.29) is 12.3 Å². The molecule has 7 heteroatoms. The predicted molar refractivity (Wildman–Crippen MR) is 101 cm³/mol. The van der Waals surface area contributed by atoms with Crippen molar-refractivity contribution in [1.29, 1.82) is 0 Å². The van der Waals surface area contributed by atoms with Crippen molar-refractivity contribution in [3.63, 3.8) is 0 Å². The molecule has 0 aliphatic heterocycles. The monoisotopic (exact) mass is 377 g/mol. The number of aromatic nitrogens is 1. The lowest BCUT2D eigenvalue weighted by atomic mass is 10.1. The van der Waals surface area contributed by atoms with Gasteiger partial charge in [-0.25, -0.2) is 0 Å². The second-order valence-electron chi connectivity index (χ2n) is 5.09. The summed E-state index contributed by atoms with van der Waals surface area (Å²) in [6.07, 6.45) is 3.58. The van der Waals surface area contributed by atoms with E-state index in [1.165, 1.54) is 11.3 Å². The lowest BCUT2D eigenvalue weighted by Gasteiger charge is -2.06. The fourth-order valence-corrected chi connectivity index (χ4v) is 3.65. The second kappa shape index (κ2) is 7.21. The number of nitrogen functional groups attached to an aromatic ring is 1. The van der Waals surface area contributed by atoms with Crippen molar-refractivity contribution in [2.24, 2.45) is 0 Å². The predicted octanol–water partition coefficient (Wildman–Crippen LogP) is 4.88. The van der Waals surface area contributed by atoms with Crippen molar-refractivity contribution in [3.05, 3.63) is 64.4 Å². The summed E-state index contributed by atoms with van der Waals surface area (Å²) in [5.41, 5.74) is 8.25. The van der Waals surface area contributed by atoms with Crippen molar-refractivity contribution in [2.45, 2.75) is 6.42 Å². The van der Waals surface area contributed by atoms with Crippen LogP contribution in [0.15, 0.2) is 48.8 Å². The zero-order chi connectivity index (χ0) is 17.1. The maximum atomic E-state index is 12.3. The van der Waals surface area contributed by atoms with Crippen molar-refractivity contribution >= 4 is 51.1 Å². The van der Waals surface area contributed by atoms with E-state index in [1.54, 1.807) is 30.6 Å². The summed E-state index contributed by atoms with van der Waals surface area (Å²) in [6.45, 7) is 0. The van der Waals surface area contributed by atoms with Gasteiger partial charge < -0.3 is 11.1 Å². The Morgan fingerprint density at radius 1 is 1.17 bits per heavy atom. The van der Waals surface area contributed by atoms with Gasteiger partial charge >= 0.3 is 0 Å². The van der Waals surface area contributed by atoms with Gasteiger partial charge in [0.1, 0.15) is 5.00 Å². The van der Waals surface area contributed by atoms with Crippen LogP contribution in [0, 0.1) is 0 Å². The number of pyridine rings is 1. The van der Waals surface area contributed by atoms with Crippen LogP contribution in [0.3, 0.4) is 0 Å². The Labute approximate surface area is 153 Å². The van der Waals surface area contributed by atoms with Crippen molar-refractivity contribution < 1.29 is 4.79 Å². The standard InChI is InChI=1S/C17H13Cl2N3OS/c18-12-2-1-11(13(19)8-12)7-16(23)22-17-14(20)9-15(24-17)10-3-5-21-6-4-10/h1-6,8-9H,7,20H2,(H,22,23). The van der Waals surface area contributed by atoms with Crippen LogP contribution in [-0.2, 0) is 11.2 Å². The molecule has 0 fully saturated rings. The summed E-state index contributed by atoms with van der Waals surface area (Å²) in [4.78, 5) is 17.2. The molecule has 4 nitrogen and oxygen atoms in total. The minimum atomic E-state index is -0.186. The number of hydrogen-bond donors (Lipinski definition) is 2. The number of amides is 1. The Morgan fingerprint density at radius 2 is 1.92 bits per heavy atom. The van der Waals surface area contributed by atoms with Crippen LogP contribution >= 0.6 is 34.5 Å². The number of thiophene rings is 1. The molecule has 1 aromatic carbocycles. The van der Waals surface area contributed by atoms with Crippen LogP contribution in [0.25, 0.3) is 10.4 Å². The lowest BCUT2D eigenvalue weighted by molar-refractivity contribution is -0.115. The highest BCUT2D eigenvalue weighted by atomic mass is 35.5. The first kappa shape index (κ1) is 16.8. The SMILES string of the molecule is Nc1cc(-c2ccncc2)sc1NC(=O)Cc1ccc(Cl)cc1Cl. The van der Waals surface area contributed by atoms with Gasteiger partial charge in [0, 0.05) is 27.3 Å². The van der Waals surface area contributed by atoms with Gasteiger partial charge in [-0.2, -0.15) is 0 Å². The highest BCUT2D eigenvalue weighted by Gasteiger charge is 2.13. The van der Waals surface area contributed by atoms with Gasteiger partial charge in [-0.15, -0.1) is 11.3 Å². The van der Waals surface area contributed by atoms with E-state index in [1.807, 2.05) is 18.2 Å². The van der Waals surface area contributed by atoms with E-state index in [0.29, 0.717) is 26.3 Å². The summed E-state index contributed by atoms with van der Waals surface area (Å²) in [7, 11) is 0. The number of nitrogens with zero attached hydrogens (tertiary/aromatic N) is 1. The van der Waals surface area contributed by atoms with Gasteiger partial charge in [-0.3, -0.25) is 9.78 Å². The molecule has 2 aromatic heterocycles. The normalized spacial score (nSPS) is 10.6. The van der Waals surface area contributed by atoms with E-state index >= 15 is 0 Å². The van der Waals surface area contributed by atoms with Crippen molar-refractivity contribution in [2.75, 3.05) is 11.1 Å². The molecule has 3 rings (SSSR count). The molecule has 0 radical (unpaired) electrons. The largest absolute Gasteiger partial charge is 0.396 e. The Balaban J connectivity index is 1.74. The van der Waals surface area contributed by atoms with E-state index in [0.717, 1.165) is 10.4 Å². The number of halogens is 2. The van der Waals surface area contributed by atoms with E-state index in [4.69, 9.17) is 28.9 Å². The number of anilines is 2. The first-order valence-corrected chi connectivity index (χ1v) is 8.63. The number of nitrogens with two attached hydrogens (primary N) is 1. The zero-order valence-corrected chi connectivity index (χ0v) is 14.8. The molecular formula is C17H13Cl2N3OS. The van der Waals surface area contributed by atoms with Gasteiger partial charge in [-0.05, 0) is 41.5 Å². The molecule has 0 spiro atoms. The molecule has 0 aliphatic carbocycles. The molecule has 0 atom stereocenters. The summed E-state index contributed by atoms with van der Waals surface area (Å²) in [5.74, 6) is -0.186. The molecule has 0 aliphatic rings. The molecule has 0 saturated heterocycles. The maximum Gasteiger partial charge on any atom is 0.229 e. The smallest absolute Gasteiger partial charge is 0.229 e. The number of benzene rings is 1. The maximum absolute atomic E-state index is 12.3. The molecule has 122 valence electrons. The summed E-state index contributed by atoms with van der Waals surface area (Å²) >= 11 is 13.4. The van der Waals surface area contributed by atoms with E-state index in [2.05, 4.69) is 10.3 Å². The fourth-order valence-electron chi connectivity index (χ4n) is 2.17. The highest BCUT2D eigenvalue weighted by Crippen LogP contribution is 2.37. The van der Waals surface area contributed by atoms with Crippen molar-refractivity contribution in [1.82, 2.24) is 4.98 Å². The van der Waals surface area contributed by atoms with Crippen LogP contribution in [0.1, 0.15) is 5.56 Å². The van der Waals surface area contributed by atoms with Gasteiger partial charge in [0.25, 0.3) is 0 Å². The Hall–Kier alpha value is -2.08. The van der Waals surface area contributed by atoms with Gasteiger partial charge in [0.2, 0.25) is 5.91 Å². The zero-order valence-electron chi connectivity index (χ0n) is 12.4. The van der Waals surface area contributed by atoms with Crippen LogP contribution in [0.5, 0.6) is 0 Å². The van der Waals surface area contributed by atoms with Crippen molar-refractivity contribution in [3.8, 4) is 10.4 Å². The summed E-state index contributed by atoms with van der Waals surface area (Å²) in [6, 6.07) is 10.7. The van der Waals surface area contributed by atoms with E-state index in [9.17, 15) is 4.79 Å². The molecule has 2 heterocycles. The van der Waals surface area contributed by atoms with Crippen LogP contribution in [0.2, 0.25) is 10.0 Å². The molecule has 0 saturated carbocycles.